The van der Waals surface area contributed by atoms with E-state index in [1.165, 1.54) is 6.42 Å². The van der Waals surface area contributed by atoms with Crippen LogP contribution < -0.4 is 4.74 Å². The second-order valence-electron chi connectivity index (χ2n) is 6.88. The van der Waals surface area contributed by atoms with Crippen molar-refractivity contribution in [3.63, 3.8) is 0 Å². The van der Waals surface area contributed by atoms with E-state index in [0.29, 0.717) is 11.3 Å². The van der Waals surface area contributed by atoms with Crippen LogP contribution in [-0.2, 0) is 0 Å². The third kappa shape index (κ3) is 3.52. The van der Waals surface area contributed by atoms with Crippen LogP contribution in [0, 0.1) is 6.92 Å². The maximum Gasteiger partial charge on any atom is 0.258 e. The van der Waals surface area contributed by atoms with Crippen LogP contribution in [0.3, 0.4) is 0 Å². The number of methoxy groups -OCH3 is 1. The molecule has 1 aliphatic rings. The van der Waals surface area contributed by atoms with Gasteiger partial charge in [-0.2, -0.15) is 0 Å². The molecule has 1 aromatic carbocycles. The van der Waals surface area contributed by atoms with Gasteiger partial charge in [-0.15, -0.1) is 0 Å². The van der Waals surface area contributed by atoms with Gasteiger partial charge in [0.15, 0.2) is 0 Å². The van der Waals surface area contributed by atoms with Crippen molar-refractivity contribution in [2.45, 2.75) is 39.2 Å². The number of hydrogen-bond donors (Lipinski definition) is 0. The molecule has 1 aliphatic heterocycles. The molecule has 0 unspecified atom stereocenters. The first-order valence-corrected chi connectivity index (χ1v) is 9.11. The van der Waals surface area contributed by atoms with E-state index in [1.54, 1.807) is 7.11 Å². The van der Waals surface area contributed by atoms with E-state index in [-0.39, 0.29) is 11.9 Å². The number of amides is 1. The van der Waals surface area contributed by atoms with Crippen LogP contribution in [-0.4, -0.2) is 55.5 Å². The van der Waals surface area contributed by atoms with Gasteiger partial charge in [0.2, 0.25) is 0 Å². The van der Waals surface area contributed by atoms with E-state index in [2.05, 4.69) is 11.8 Å². The molecule has 1 amide bonds. The molecule has 5 heteroatoms. The van der Waals surface area contributed by atoms with Crippen molar-refractivity contribution in [1.82, 2.24) is 9.80 Å². The van der Waals surface area contributed by atoms with E-state index < -0.39 is 0 Å². The van der Waals surface area contributed by atoms with Gasteiger partial charge in [-0.1, -0.05) is 6.92 Å². The fraction of sp³-hybridized carbons (Fsp3) is 0.550. The van der Waals surface area contributed by atoms with Gasteiger partial charge in [-0.3, -0.25) is 4.79 Å². The summed E-state index contributed by atoms with van der Waals surface area (Å²) in [6.45, 7) is 7.35. The molecule has 2 heterocycles. The second-order valence-corrected chi connectivity index (χ2v) is 6.88. The summed E-state index contributed by atoms with van der Waals surface area (Å²) in [5.41, 5.74) is 1.39. The van der Waals surface area contributed by atoms with E-state index in [1.807, 2.05) is 37.1 Å². The lowest BCUT2D eigenvalue weighted by atomic mass is 10.0. The monoisotopic (exact) mass is 344 g/mol. The number of piperidine rings is 1. The smallest absolute Gasteiger partial charge is 0.258 e. The van der Waals surface area contributed by atoms with Gasteiger partial charge in [0.05, 0.1) is 12.7 Å². The van der Waals surface area contributed by atoms with Crippen LogP contribution in [0.4, 0.5) is 0 Å². The molecular formula is C20H28N2O3. The molecule has 2 aromatic rings. The van der Waals surface area contributed by atoms with Crippen LogP contribution in [0.5, 0.6) is 5.75 Å². The number of aryl methyl sites for hydroxylation is 1. The first kappa shape index (κ1) is 17.8. The number of furan rings is 1. The highest BCUT2D eigenvalue weighted by Crippen LogP contribution is 2.30. The summed E-state index contributed by atoms with van der Waals surface area (Å²) in [5.74, 6) is 1.44. The zero-order valence-electron chi connectivity index (χ0n) is 15.7. The number of carbonyl (C=O) groups is 1. The van der Waals surface area contributed by atoms with Crippen LogP contribution in [0.15, 0.2) is 22.6 Å². The number of carbonyl (C=O) groups excluding carboxylic acids is 1. The molecule has 3 rings (SSSR count). The zero-order chi connectivity index (χ0) is 18.0. The third-order valence-corrected chi connectivity index (χ3v) is 5.25. The van der Waals surface area contributed by atoms with Gasteiger partial charge in [-0.25, -0.2) is 0 Å². The number of ether oxygens (including phenoxy) is 1. The van der Waals surface area contributed by atoms with Crippen molar-refractivity contribution in [2.75, 3.05) is 33.8 Å². The largest absolute Gasteiger partial charge is 0.497 e. The van der Waals surface area contributed by atoms with Gasteiger partial charge in [0, 0.05) is 31.6 Å². The van der Waals surface area contributed by atoms with Gasteiger partial charge < -0.3 is 19.0 Å². The summed E-state index contributed by atoms with van der Waals surface area (Å²) in [6.07, 6.45) is 3.24. The minimum atomic E-state index is 0.0402. The number of benzene rings is 1. The van der Waals surface area contributed by atoms with Gasteiger partial charge in [-0.05, 0) is 50.9 Å². The van der Waals surface area contributed by atoms with Crippen LogP contribution >= 0.6 is 0 Å². The number of fused-ring (bicyclic) bond motifs is 1. The van der Waals surface area contributed by atoms with Crippen molar-refractivity contribution in [2.24, 2.45) is 0 Å². The number of hydrogen-bond acceptors (Lipinski definition) is 4. The molecule has 25 heavy (non-hydrogen) atoms. The predicted molar refractivity (Wildman–Crippen MR) is 99.3 cm³/mol. The van der Waals surface area contributed by atoms with Gasteiger partial charge >= 0.3 is 0 Å². The van der Waals surface area contributed by atoms with E-state index in [4.69, 9.17) is 9.15 Å². The van der Waals surface area contributed by atoms with Crippen LogP contribution in [0.1, 0.15) is 42.3 Å². The lowest BCUT2D eigenvalue weighted by Crippen LogP contribution is -2.45. The SMILES string of the molecule is CCCN1CCC(N(C)C(=O)c2c(C)oc3ccc(OC)cc23)CC1. The van der Waals surface area contributed by atoms with Crippen molar-refractivity contribution >= 4 is 16.9 Å². The molecule has 1 fully saturated rings. The Morgan fingerprint density at radius 1 is 1.36 bits per heavy atom. The van der Waals surface area contributed by atoms with E-state index in [0.717, 1.165) is 49.2 Å². The number of nitrogens with zero attached hydrogens (tertiary/aromatic N) is 2. The minimum absolute atomic E-state index is 0.0402. The fourth-order valence-corrected chi connectivity index (χ4v) is 3.78. The third-order valence-electron chi connectivity index (χ3n) is 5.25. The number of likely N-dealkylation sites (tertiary alicyclic amines) is 1. The molecule has 0 aliphatic carbocycles. The molecule has 5 nitrogen and oxygen atoms in total. The van der Waals surface area contributed by atoms with Gasteiger partial charge in [0.25, 0.3) is 5.91 Å². The maximum absolute atomic E-state index is 13.2. The molecule has 0 bridgehead atoms. The Bertz CT molecular complexity index is 745. The molecule has 136 valence electrons. The van der Waals surface area contributed by atoms with Crippen molar-refractivity contribution in [3.05, 3.63) is 29.5 Å². The molecule has 0 N–H and O–H groups in total. The molecule has 0 spiro atoms. The fourth-order valence-electron chi connectivity index (χ4n) is 3.78. The lowest BCUT2D eigenvalue weighted by Gasteiger charge is -2.36. The summed E-state index contributed by atoms with van der Waals surface area (Å²) in [5, 5.41) is 0.831. The Kier molecular flexibility index (Phi) is 5.33. The molecular weight excluding hydrogens is 316 g/mol. The number of rotatable bonds is 5. The molecule has 1 aromatic heterocycles. The average Bonchev–Trinajstić information content (AvgIpc) is 2.96. The summed E-state index contributed by atoms with van der Waals surface area (Å²) in [7, 11) is 3.55. The maximum atomic E-state index is 13.2. The highest BCUT2D eigenvalue weighted by Gasteiger charge is 2.28. The van der Waals surface area contributed by atoms with Crippen molar-refractivity contribution < 1.29 is 13.9 Å². The zero-order valence-corrected chi connectivity index (χ0v) is 15.7. The van der Waals surface area contributed by atoms with Crippen molar-refractivity contribution in [3.8, 4) is 5.75 Å². The molecule has 0 atom stereocenters. The average molecular weight is 344 g/mol. The van der Waals surface area contributed by atoms with E-state index in [9.17, 15) is 4.79 Å². The summed E-state index contributed by atoms with van der Waals surface area (Å²) in [6, 6.07) is 5.89. The molecule has 0 radical (unpaired) electrons. The normalized spacial score (nSPS) is 16.3. The highest BCUT2D eigenvalue weighted by atomic mass is 16.5. The Balaban J connectivity index is 1.81. The van der Waals surface area contributed by atoms with Crippen LogP contribution in [0.25, 0.3) is 11.0 Å². The Labute approximate surface area is 149 Å². The second kappa shape index (κ2) is 7.48. The Morgan fingerprint density at radius 2 is 2.08 bits per heavy atom. The summed E-state index contributed by atoms with van der Waals surface area (Å²) < 4.78 is 11.1. The predicted octanol–water partition coefficient (Wildman–Crippen LogP) is 3.70. The van der Waals surface area contributed by atoms with E-state index >= 15 is 0 Å². The summed E-state index contributed by atoms with van der Waals surface area (Å²) in [4.78, 5) is 17.5. The first-order chi connectivity index (χ1) is 12.0. The van der Waals surface area contributed by atoms with Crippen LogP contribution in [0.2, 0.25) is 0 Å². The highest BCUT2D eigenvalue weighted by molar-refractivity contribution is 6.07. The lowest BCUT2D eigenvalue weighted by molar-refractivity contribution is 0.0642. The summed E-state index contributed by atoms with van der Waals surface area (Å²) >= 11 is 0. The minimum Gasteiger partial charge on any atom is -0.497 e. The molecule has 1 saturated heterocycles. The van der Waals surface area contributed by atoms with Gasteiger partial charge in [0.1, 0.15) is 17.1 Å². The Morgan fingerprint density at radius 3 is 2.72 bits per heavy atom. The van der Waals surface area contributed by atoms with Crippen molar-refractivity contribution in [1.29, 1.82) is 0 Å². The quantitative estimate of drug-likeness (QED) is 0.830. The Hall–Kier alpha value is -2.01. The topological polar surface area (TPSA) is 45.9 Å². The standard InChI is InChI=1S/C20H28N2O3/c1-5-10-22-11-8-15(9-12-22)21(3)20(23)19-14(2)25-18-7-6-16(24-4)13-17(18)19/h6-7,13,15H,5,8-12H2,1-4H3. The molecule has 0 saturated carbocycles. The first-order valence-electron chi connectivity index (χ1n) is 9.11.